The molecule has 3 unspecified atom stereocenters. The number of amides is 2. The van der Waals surface area contributed by atoms with Crippen LogP contribution in [0.4, 0.5) is 13.6 Å². The fraction of sp³-hybridized carbons (Fsp3) is 0.571. The van der Waals surface area contributed by atoms with Crippen LogP contribution >= 0.6 is 15.9 Å². The van der Waals surface area contributed by atoms with E-state index >= 15 is 0 Å². The molecule has 0 radical (unpaired) electrons. The monoisotopic (exact) mass is 486 g/mol. The maximum Gasteiger partial charge on any atom is 0.318 e. The molecule has 0 spiro atoms. The van der Waals surface area contributed by atoms with Crippen LogP contribution in [0.2, 0.25) is 0 Å². The van der Waals surface area contributed by atoms with Crippen LogP contribution in [0.3, 0.4) is 0 Å². The number of carboxylic acid groups (broad SMARTS) is 1. The Morgan fingerprint density at radius 2 is 1.63 bits per heavy atom. The molecule has 6 nitrogen and oxygen atoms in total. The van der Waals surface area contributed by atoms with Gasteiger partial charge in [-0.1, -0.05) is 40.9 Å². The lowest BCUT2D eigenvalue weighted by Gasteiger charge is -2.34. The van der Waals surface area contributed by atoms with Gasteiger partial charge in [0.2, 0.25) is 0 Å². The SMILES string of the molecule is O=C(O)C1CCCCC1C(=O)C(NC(=O)N1CCC(F)(F)CC1)c1ccc(Br)cc1. The van der Waals surface area contributed by atoms with Crippen LogP contribution in [0.15, 0.2) is 28.7 Å². The summed E-state index contributed by atoms with van der Waals surface area (Å²) in [5.41, 5.74) is 0.536. The Labute approximate surface area is 182 Å². The Morgan fingerprint density at radius 3 is 2.20 bits per heavy atom. The number of alkyl halides is 2. The molecule has 3 rings (SSSR count). The van der Waals surface area contributed by atoms with Gasteiger partial charge in [-0.25, -0.2) is 13.6 Å². The Bertz CT molecular complexity index is 793. The molecule has 2 amide bonds. The number of aliphatic carboxylic acids is 1. The molecule has 1 saturated carbocycles. The third kappa shape index (κ3) is 5.36. The van der Waals surface area contributed by atoms with E-state index in [0.717, 1.165) is 17.3 Å². The third-order valence-corrected chi connectivity index (χ3v) is 6.52. The standard InChI is InChI=1S/C21H25BrF2N2O4/c22-14-7-5-13(6-8-14)17(18(27)15-3-1-2-4-16(15)19(28)29)25-20(30)26-11-9-21(23,24)10-12-26/h5-8,15-17H,1-4,9-12H2,(H,25,30)(H,28,29). The van der Waals surface area contributed by atoms with Gasteiger partial charge in [-0.2, -0.15) is 0 Å². The molecule has 1 aromatic rings. The number of nitrogens with one attached hydrogen (secondary N) is 1. The van der Waals surface area contributed by atoms with Crippen molar-refractivity contribution in [3.63, 3.8) is 0 Å². The van der Waals surface area contributed by atoms with Crippen LogP contribution in [0.5, 0.6) is 0 Å². The molecule has 9 heteroatoms. The molecule has 3 atom stereocenters. The molecule has 1 aliphatic carbocycles. The summed E-state index contributed by atoms with van der Waals surface area (Å²) >= 11 is 3.33. The smallest absolute Gasteiger partial charge is 0.318 e. The number of nitrogens with zero attached hydrogens (tertiary/aromatic N) is 1. The van der Waals surface area contributed by atoms with Crippen molar-refractivity contribution in [1.29, 1.82) is 0 Å². The highest BCUT2D eigenvalue weighted by molar-refractivity contribution is 9.10. The van der Waals surface area contributed by atoms with Gasteiger partial charge in [0, 0.05) is 36.3 Å². The van der Waals surface area contributed by atoms with Crippen molar-refractivity contribution >= 4 is 33.7 Å². The summed E-state index contributed by atoms with van der Waals surface area (Å²) in [5, 5.41) is 12.2. The Balaban J connectivity index is 1.81. The zero-order valence-electron chi connectivity index (χ0n) is 16.5. The topological polar surface area (TPSA) is 86.7 Å². The number of benzene rings is 1. The molecule has 30 heavy (non-hydrogen) atoms. The molecule has 1 heterocycles. The summed E-state index contributed by atoms with van der Waals surface area (Å²) in [6.07, 6.45) is 1.55. The lowest BCUT2D eigenvalue weighted by molar-refractivity contribution is -0.148. The third-order valence-electron chi connectivity index (χ3n) is 5.99. The van der Waals surface area contributed by atoms with Crippen LogP contribution in [-0.4, -0.2) is 46.8 Å². The van der Waals surface area contributed by atoms with E-state index in [0.29, 0.717) is 18.4 Å². The zero-order chi connectivity index (χ0) is 21.9. The number of likely N-dealkylation sites (tertiary alicyclic amines) is 1. The fourth-order valence-corrected chi connectivity index (χ4v) is 4.47. The molecule has 0 bridgehead atoms. The summed E-state index contributed by atoms with van der Waals surface area (Å²) in [6.45, 7) is -0.192. The molecule has 1 aliphatic heterocycles. The van der Waals surface area contributed by atoms with Gasteiger partial charge < -0.3 is 15.3 Å². The number of ketones is 1. The predicted octanol–water partition coefficient (Wildman–Crippen LogP) is 4.39. The lowest BCUT2D eigenvalue weighted by Crippen LogP contribution is -2.50. The van der Waals surface area contributed by atoms with Crippen molar-refractivity contribution < 1.29 is 28.3 Å². The normalized spacial score (nSPS) is 24.7. The van der Waals surface area contributed by atoms with Crippen molar-refractivity contribution in [3.05, 3.63) is 34.3 Å². The van der Waals surface area contributed by atoms with Crippen LogP contribution < -0.4 is 5.32 Å². The quantitative estimate of drug-likeness (QED) is 0.645. The van der Waals surface area contributed by atoms with Crippen molar-refractivity contribution in [2.75, 3.05) is 13.1 Å². The van der Waals surface area contributed by atoms with Crippen LogP contribution in [-0.2, 0) is 9.59 Å². The average Bonchev–Trinajstić information content (AvgIpc) is 2.72. The van der Waals surface area contributed by atoms with E-state index in [4.69, 9.17) is 0 Å². The predicted molar refractivity (Wildman–Crippen MR) is 109 cm³/mol. The van der Waals surface area contributed by atoms with Crippen LogP contribution in [0, 0.1) is 11.8 Å². The summed E-state index contributed by atoms with van der Waals surface area (Å²) in [5.74, 6) is -5.62. The van der Waals surface area contributed by atoms with Crippen molar-refractivity contribution in [2.24, 2.45) is 11.8 Å². The molecule has 1 aromatic carbocycles. The first-order valence-electron chi connectivity index (χ1n) is 10.1. The summed E-state index contributed by atoms with van der Waals surface area (Å²) in [7, 11) is 0. The highest BCUT2D eigenvalue weighted by Crippen LogP contribution is 2.35. The van der Waals surface area contributed by atoms with E-state index in [1.807, 2.05) is 0 Å². The van der Waals surface area contributed by atoms with Crippen molar-refractivity contribution in [3.8, 4) is 0 Å². The first kappa shape index (κ1) is 22.7. The first-order chi connectivity index (χ1) is 14.2. The van der Waals surface area contributed by atoms with Gasteiger partial charge in [0.25, 0.3) is 5.92 Å². The van der Waals surface area contributed by atoms with Crippen LogP contribution in [0.1, 0.15) is 50.1 Å². The molecule has 2 N–H and O–H groups in total. The van der Waals surface area contributed by atoms with Gasteiger partial charge >= 0.3 is 12.0 Å². The van der Waals surface area contributed by atoms with E-state index in [9.17, 15) is 28.3 Å². The fourth-order valence-electron chi connectivity index (χ4n) is 4.21. The number of carbonyl (C=O) groups excluding carboxylic acids is 2. The summed E-state index contributed by atoms with van der Waals surface area (Å²) in [6, 6.07) is 5.23. The average molecular weight is 487 g/mol. The van der Waals surface area contributed by atoms with E-state index < -0.39 is 48.6 Å². The van der Waals surface area contributed by atoms with Gasteiger partial charge in [0.05, 0.1) is 5.92 Å². The second kappa shape index (κ2) is 9.41. The number of hydrogen-bond acceptors (Lipinski definition) is 3. The second-order valence-electron chi connectivity index (χ2n) is 8.02. The molecule has 2 fully saturated rings. The van der Waals surface area contributed by atoms with Gasteiger partial charge in [0.15, 0.2) is 5.78 Å². The highest BCUT2D eigenvalue weighted by atomic mass is 79.9. The molecule has 2 aliphatic rings. The van der Waals surface area contributed by atoms with Gasteiger partial charge in [-0.3, -0.25) is 9.59 Å². The van der Waals surface area contributed by atoms with Gasteiger partial charge in [0.1, 0.15) is 6.04 Å². The summed E-state index contributed by atoms with van der Waals surface area (Å²) in [4.78, 5) is 39.1. The van der Waals surface area contributed by atoms with Crippen molar-refractivity contribution in [2.45, 2.75) is 50.5 Å². The Kier molecular flexibility index (Phi) is 7.10. The number of piperidine rings is 1. The van der Waals surface area contributed by atoms with Gasteiger partial charge in [-0.15, -0.1) is 0 Å². The van der Waals surface area contributed by atoms with Crippen LogP contribution in [0.25, 0.3) is 0 Å². The Hall–Kier alpha value is -2.03. The minimum atomic E-state index is -2.78. The van der Waals surface area contributed by atoms with Gasteiger partial charge in [-0.05, 0) is 30.5 Å². The number of Topliss-reactive ketones (excluding diaryl/α,β-unsaturated/α-hetero) is 1. The molecule has 0 aromatic heterocycles. The van der Waals surface area contributed by atoms with E-state index in [1.165, 1.54) is 4.90 Å². The minimum Gasteiger partial charge on any atom is -0.481 e. The largest absolute Gasteiger partial charge is 0.481 e. The molecular formula is C21H25BrF2N2O4. The van der Waals surface area contributed by atoms with E-state index in [1.54, 1.807) is 24.3 Å². The summed E-state index contributed by atoms with van der Waals surface area (Å²) < 4.78 is 27.6. The van der Waals surface area contributed by atoms with E-state index in [-0.39, 0.29) is 18.9 Å². The number of rotatable bonds is 5. The number of carboxylic acids is 1. The maximum atomic E-state index is 13.4. The van der Waals surface area contributed by atoms with E-state index in [2.05, 4.69) is 21.2 Å². The first-order valence-corrected chi connectivity index (χ1v) is 10.9. The number of carbonyl (C=O) groups is 3. The van der Waals surface area contributed by atoms with Crippen molar-refractivity contribution in [1.82, 2.24) is 10.2 Å². The molecular weight excluding hydrogens is 462 g/mol. The maximum absolute atomic E-state index is 13.4. The molecule has 1 saturated heterocycles. The second-order valence-corrected chi connectivity index (χ2v) is 8.93. The number of hydrogen-bond donors (Lipinski definition) is 2. The molecule has 164 valence electrons. The Morgan fingerprint density at radius 1 is 1.07 bits per heavy atom. The highest BCUT2D eigenvalue weighted by Gasteiger charge is 2.41. The minimum absolute atomic E-state index is 0.0960. The zero-order valence-corrected chi connectivity index (χ0v) is 18.0. The number of halogens is 3. The number of urea groups is 1. The lowest BCUT2D eigenvalue weighted by atomic mass is 9.74.